The first-order chi connectivity index (χ1) is 9.47. The molecule has 2 nitrogen and oxygen atoms in total. The molecular weight excluding hydrogens is 357 g/mol. The van der Waals surface area contributed by atoms with Crippen molar-refractivity contribution in [3.8, 4) is 0 Å². The van der Waals surface area contributed by atoms with Gasteiger partial charge in [0.2, 0.25) is 0 Å². The molecule has 0 saturated carbocycles. The van der Waals surface area contributed by atoms with E-state index in [1.165, 1.54) is 18.2 Å². The highest BCUT2D eigenvalue weighted by Gasteiger charge is 2.25. The van der Waals surface area contributed by atoms with Crippen LogP contribution in [0, 0.1) is 17.5 Å². The number of hydrazine groups is 1. The molecule has 0 heterocycles. The van der Waals surface area contributed by atoms with Crippen molar-refractivity contribution in [2.45, 2.75) is 6.04 Å². The predicted octanol–water partition coefficient (Wildman–Crippen LogP) is 4.07. The fraction of sp³-hybridized carbons (Fsp3) is 0.0769. The first kappa shape index (κ1) is 15.3. The van der Waals surface area contributed by atoms with Crippen LogP contribution in [0.5, 0.6) is 0 Å². The molecule has 0 amide bonds. The third-order valence-corrected chi connectivity index (χ3v) is 3.84. The van der Waals surface area contributed by atoms with Crippen molar-refractivity contribution in [2.75, 3.05) is 0 Å². The van der Waals surface area contributed by atoms with Crippen LogP contribution in [-0.4, -0.2) is 0 Å². The molecule has 0 aromatic heterocycles. The quantitative estimate of drug-likeness (QED) is 0.489. The Morgan fingerprint density at radius 3 is 2.45 bits per heavy atom. The fourth-order valence-electron chi connectivity index (χ4n) is 1.88. The standard InChI is InChI=1S/C13H9BrClF3N2/c14-7-4-5-8(16)10(12(7)18)13(20-19)6-2-1-3-9(17)11(6)15/h1-5,13,20H,19H2. The van der Waals surface area contributed by atoms with E-state index in [9.17, 15) is 13.2 Å². The van der Waals surface area contributed by atoms with E-state index in [-0.39, 0.29) is 20.6 Å². The summed E-state index contributed by atoms with van der Waals surface area (Å²) in [6.45, 7) is 0. The molecule has 0 aliphatic heterocycles. The van der Waals surface area contributed by atoms with Crippen LogP contribution in [0.1, 0.15) is 17.2 Å². The minimum Gasteiger partial charge on any atom is -0.271 e. The number of benzene rings is 2. The zero-order valence-electron chi connectivity index (χ0n) is 9.93. The molecule has 0 bridgehead atoms. The lowest BCUT2D eigenvalue weighted by Gasteiger charge is -2.20. The first-order valence-corrected chi connectivity index (χ1v) is 6.68. The number of rotatable bonds is 3. The van der Waals surface area contributed by atoms with Crippen LogP contribution in [0.4, 0.5) is 13.2 Å². The molecular formula is C13H9BrClF3N2. The van der Waals surface area contributed by atoms with Gasteiger partial charge in [0.15, 0.2) is 0 Å². The first-order valence-electron chi connectivity index (χ1n) is 5.50. The average Bonchev–Trinajstić information content (AvgIpc) is 2.43. The molecule has 0 spiro atoms. The Bertz CT molecular complexity index is 652. The Morgan fingerprint density at radius 2 is 1.80 bits per heavy atom. The molecule has 1 atom stereocenters. The smallest absolute Gasteiger partial charge is 0.145 e. The molecule has 7 heteroatoms. The van der Waals surface area contributed by atoms with Gasteiger partial charge in [-0.3, -0.25) is 5.84 Å². The van der Waals surface area contributed by atoms with Gasteiger partial charge in [0, 0.05) is 5.56 Å². The van der Waals surface area contributed by atoms with E-state index in [2.05, 4.69) is 21.4 Å². The molecule has 0 aliphatic rings. The summed E-state index contributed by atoms with van der Waals surface area (Å²) in [7, 11) is 0. The fourth-order valence-corrected chi connectivity index (χ4v) is 2.46. The van der Waals surface area contributed by atoms with Gasteiger partial charge in [-0.15, -0.1) is 0 Å². The summed E-state index contributed by atoms with van der Waals surface area (Å²) in [5.74, 6) is 3.03. The average molecular weight is 366 g/mol. The van der Waals surface area contributed by atoms with Crippen molar-refractivity contribution < 1.29 is 13.2 Å². The Balaban J connectivity index is 2.65. The van der Waals surface area contributed by atoms with Gasteiger partial charge in [0.1, 0.15) is 17.5 Å². The van der Waals surface area contributed by atoms with Crippen LogP contribution in [0.2, 0.25) is 5.02 Å². The highest BCUT2D eigenvalue weighted by Crippen LogP contribution is 2.34. The molecule has 0 aliphatic carbocycles. The molecule has 2 rings (SSSR count). The molecule has 2 aromatic rings. The van der Waals surface area contributed by atoms with Crippen LogP contribution < -0.4 is 11.3 Å². The zero-order valence-corrected chi connectivity index (χ0v) is 12.3. The van der Waals surface area contributed by atoms with Gasteiger partial charge in [0.25, 0.3) is 0 Å². The number of halogens is 5. The van der Waals surface area contributed by atoms with Crippen molar-refractivity contribution in [2.24, 2.45) is 5.84 Å². The maximum Gasteiger partial charge on any atom is 0.145 e. The topological polar surface area (TPSA) is 38.0 Å². The Morgan fingerprint density at radius 1 is 1.10 bits per heavy atom. The zero-order chi connectivity index (χ0) is 14.9. The van der Waals surface area contributed by atoms with Gasteiger partial charge < -0.3 is 0 Å². The second kappa shape index (κ2) is 6.13. The maximum atomic E-state index is 14.1. The van der Waals surface area contributed by atoms with Crippen LogP contribution in [0.25, 0.3) is 0 Å². The molecule has 1 unspecified atom stereocenters. The van der Waals surface area contributed by atoms with E-state index in [1.807, 2.05) is 0 Å². The minimum absolute atomic E-state index is 0.0710. The van der Waals surface area contributed by atoms with Crippen molar-refractivity contribution in [3.63, 3.8) is 0 Å². The third kappa shape index (κ3) is 2.69. The SMILES string of the molecule is NNC(c1cccc(F)c1Cl)c1c(F)ccc(Br)c1F. The number of hydrogen-bond acceptors (Lipinski definition) is 2. The van der Waals surface area contributed by atoms with E-state index < -0.39 is 23.5 Å². The van der Waals surface area contributed by atoms with Crippen molar-refractivity contribution >= 4 is 27.5 Å². The van der Waals surface area contributed by atoms with Gasteiger partial charge in [-0.25, -0.2) is 18.6 Å². The minimum atomic E-state index is -1.12. The van der Waals surface area contributed by atoms with E-state index >= 15 is 0 Å². The van der Waals surface area contributed by atoms with Crippen LogP contribution in [-0.2, 0) is 0 Å². The van der Waals surface area contributed by atoms with Crippen molar-refractivity contribution in [3.05, 3.63) is 68.4 Å². The molecule has 0 radical (unpaired) electrons. The summed E-state index contributed by atoms with van der Waals surface area (Å²) in [4.78, 5) is 0. The summed E-state index contributed by atoms with van der Waals surface area (Å²) < 4.78 is 41.5. The summed E-state index contributed by atoms with van der Waals surface area (Å²) in [6, 6.07) is 5.17. The number of nitrogens with two attached hydrogens (primary N) is 1. The molecule has 106 valence electrons. The monoisotopic (exact) mass is 364 g/mol. The molecule has 20 heavy (non-hydrogen) atoms. The Hall–Kier alpha value is -1.08. The van der Waals surface area contributed by atoms with Crippen molar-refractivity contribution in [1.29, 1.82) is 0 Å². The summed E-state index contributed by atoms with van der Waals surface area (Å²) >= 11 is 8.80. The van der Waals surface area contributed by atoms with E-state index in [1.54, 1.807) is 0 Å². The van der Waals surface area contributed by atoms with Gasteiger partial charge in [-0.05, 0) is 39.7 Å². The van der Waals surface area contributed by atoms with E-state index in [0.29, 0.717) is 0 Å². The maximum absolute atomic E-state index is 14.1. The van der Waals surface area contributed by atoms with E-state index in [0.717, 1.165) is 12.1 Å². The van der Waals surface area contributed by atoms with Gasteiger partial charge in [-0.2, -0.15) is 0 Å². The van der Waals surface area contributed by atoms with Crippen LogP contribution in [0.15, 0.2) is 34.8 Å². The summed E-state index contributed by atoms with van der Waals surface area (Å²) in [5, 5.41) is -0.241. The van der Waals surface area contributed by atoms with Crippen LogP contribution in [0.3, 0.4) is 0 Å². The molecule has 0 fully saturated rings. The summed E-state index contributed by atoms with van der Waals surface area (Å²) in [6.07, 6.45) is 0. The Labute approximate surface area is 126 Å². The van der Waals surface area contributed by atoms with Crippen molar-refractivity contribution in [1.82, 2.24) is 5.43 Å². The van der Waals surface area contributed by atoms with Gasteiger partial charge >= 0.3 is 0 Å². The lowest BCUT2D eigenvalue weighted by molar-refractivity contribution is 0.505. The number of hydrogen-bond donors (Lipinski definition) is 2. The number of nitrogens with one attached hydrogen (secondary N) is 1. The largest absolute Gasteiger partial charge is 0.271 e. The summed E-state index contributed by atoms with van der Waals surface area (Å²) in [5.41, 5.74) is 2.06. The normalized spacial score (nSPS) is 12.5. The highest BCUT2D eigenvalue weighted by molar-refractivity contribution is 9.10. The second-order valence-corrected chi connectivity index (χ2v) is 5.23. The lowest BCUT2D eigenvalue weighted by Crippen LogP contribution is -2.30. The van der Waals surface area contributed by atoms with Gasteiger partial charge in [0.05, 0.1) is 15.5 Å². The third-order valence-electron chi connectivity index (χ3n) is 2.83. The van der Waals surface area contributed by atoms with E-state index in [4.69, 9.17) is 17.4 Å². The highest BCUT2D eigenvalue weighted by atomic mass is 79.9. The lowest BCUT2D eigenvalue weighted by atomic mass is 9.98. The molecule has 0 saturated heterocycles. The van der Waals surface area contributed by atoms with Crippen LogP contribution >= 0.6 is 27.5 Å². The second-order valence-electron chi connectivity index (χ2n) is 4.00. The molecule has 3 N–H and O–H groups in total. The Kier molecular flexibility index (Phi) is 4.70. The molecule has 2 aromatic carbocycles. The predicted molar refractivity (Wildman–Crippen MR) is 74.6 cm³/mol. The van der Waals surface area contributed by atoms with Gasteiger partial charge in [-0.1, -0.05) is 23.7 Å².